The molecule has 1 fully saturated rings. The molecule has 0 amide bonds. The number of ether oxygens (including phenoxy) is 4. The Morgan fingerprint density at radius 2 is 1.69 bits per heavy atom. The van der Waals surface area contributed by atoms with Gasteiger partial charge < -0.3 is 23.8 Å². The number of hydrogen-bond donors (Lipinski definition) is 0. The number of likely N-dealkylation sites (N-methyl/N-ethyl adjacent to an activating group) is 1. The van der Waals surface area contributed by atoms with E-state index in [1.165, 1.54) is 0 Å². The van der Waals surface area contributed by atoms with Gasteiger partial charge in [0.1, 0.15) is 23.4 Å². The van der Waals surface area contributed by atoms with Gasteiger partial charge >= 0.3 is 0 Å². The van der Waals surface area contributed by atoms with Crippen LogP contribution in [0.5, 0.6) is 17.2 Å². The molecule has 0 N–H and O–H groups in total. The number of rotatable bonds is 7. The van der Waals surface area contributed by atoms with Crippen molar-refractivity contribution >= 4 is 0 Å². The van der Waals surface area contributed by atoms with E-state index in [4.69, 9.17) is 18.9 Å². The molecule has 0 aromatic heterocycles. The van der Waals surface area contributed by atoms with Crippen molar-refractivity contribution in [3.05, 3.63) is 54.1 Å². The smallest absolute Gasteiger partial charge is 0.151 e. The van der Waals surface area contributed by atoms with Gasteiger partial charge in [-0.3, -0.25) is 0 Å². The van der Waals surface area contributed by atoms with Crippen molar-refractivity contribution in [3.63, 3.8) is 0 Å². The largest absolute Gasteiger partial charge is 0.497 e. The molecule has 5 nitrogen and oxygen atoms in total. The van der Waals surface area contributed by atoms with Gasteiger partial charge in [0.15, 0.2) is 6.10 Å². The molecule has 3 rings (SSSR count). The number of morpholine rings is 1. The SMILES string of the molecule is CCOc1ccc(C(Oc2ccc(OC)cc2)C2CN(C)CCO2)cc1. The van der Waals surface area contributed by atoms with Crippen LogP contribution in [0.2, 0.25) is 0 Å². The highest BCUT2D eigenvalue weighted by Gasteiger charge is 2.30. The van der Waals surface area contributed by atoms with E-state index in [-0.39, 0.29) is 12.2 Å². The van der Waals surface area contributed by atoms with Gasteiger partial charge in [0, 0.05) is 13.1 Å². The van der Waals surface area contributed by atoms with Crippen LogP contribution in [-0.4, -0.2) is 51.5 Å². The Morgan fingerprint density at radius 1 is 1.04 bits per heavy atom. The Morgan fingerprint density at radius 3 is 2.31 bits per heavy atom. The van der Waals surface area contributed by atoms with Gasteiger partial charge in [-0.2, -0.15) is 0 Å². The first-order valence-electron chi connectivity index (χ1n) is 9.03. The number of nitrogens with zero attached hydrogens (tertiary/aromatic N) is 1. The predicted octanol–water partition coefficient (Wildman–Crippen LogP) is 3.54. The highest BCUT2D eigenvalue weighted by atomic mass is 16.5. The monoisotopic (exact) mass is 357 g/mol. The second-order valence-electron chi connectivity index (χ2n) is 6.39. The van der Waals surface area contributed by atoms with E-state index in [9.17, 15) is 0 Å². The average Bonchev–Trinajstić information content (AvgIpc) is 2.68. The fourth-order valence-corrected chi connectivity index (χ4v) is 3.07. The molecular formula is C21H27NO4. The fraction of sp³-hybridized carbons (Fsp3) is 0.429. The lowest BCUT2D eigenvalue weighted by molar-refractivity contribution is -0.0760. The minimum atomic E-state index is -0.193. The molecule has 1 saturated heterocycles. The van der Waals surface area contributed by atoms with Gasteiger partial charge in [-0.15, -0.1) is 0 Å². The summed E-state index contributed by atoms with van der Waals surface area (Å²) in [5.41, 5.74) is 1.07. The van der Waals surface area contributed by atoms with Gasteiger partial charge in [-0.25, -0.2) is 0 Å². The van der Waals surface area contributed by atoms with Gasteiger partial charge in [-0.05, 0) is 55.9 Å². The van der Waals surface area contributed by atoms with Crippen LogP contribution in [0.1, 0.15) is 18.6 Å². The molecule has 2 atom stereocenters. The number of benzene rings is 2. The minimum absolute atomic E-state index is 0.0335. The van der Waals surface area contributed by atoms with Gasteiger partial charge in [0.25, 0.3) is 0 Å². The minimum Gasteiger partial charge on any atom is -0.497 e. The molecule has 0 bridgehead atoms. The molecule has 1 aliphatic heterocycles. The van der Waals surface area contributed by atoms with Crippen LogP contribution in [-0.2, 0) is 4.74 Å². The topological polar surface area (TPSA) is 40.2 Å². The number of methoxy groups -OCH3 is 1. The van der Waals surface area contributed by atoms with Crippen molar-refractivity contribution in [1.29, 1.82) is 0 Å². The van der Waals surface area contributed by atoms with E-state index in [1.54, 1.807) is 7.11 Å². The van der Waals surface area contributed by atoms with Crippen molar-refractivity contribution < 1.29 is 18.9 Å². The van der Waals surface area contributed by atoms with E-state index in [2.05, 4.69) is 24.1 Å². The van der Waals surface area contributed by atoms with Crippen molar-refractivity contribution in [1.82, 2.24) is 4.90 Å². The summed E-state index contributed by atoms with van der Waals surface area (Å²) >= 11 is 0. The van der Waals surface area contributed by atoms with Crippen molar-refractivity contribution in [3.8, 4) is 17.2 Å². The normalized spacial score (nSPS) is 19.0. The Labute approximate surface area is 155 Å². The van der Waals surface area contributed by atoms with E-state index in [1.807, 2.05) is 43.3 Å². The molecule has 0 spiro atoms. The molecule has 2 unspecified atom stereocenters. The van der Waals surface area contributed by atoms with Gasteiger partial charge in [-0.1, -0.05) is 12.1 Å². The van der Waals surface area contributed by atoms with E-state index >= 15 is 0 Å². The Hall–Kier alpha value is -2.24. The summed E-state index contributed by atoms with van der Waals surface area (Å²) in [5.74, 6) is 2.46. The lowest BCUT2D eigenvalue weighted by Crippen LogP contribution is -2.44. The average molecular weight is 357 g/mol. The third-order valence-corrected chi connectivity index (χ3v) is 4.48. The van der Waals surface area contributed by atoms with Crippen LogP contribution in [0.25, 0.3) is 0 Å². The summed E-state index contributed by atoms with van der Waals surface area (Å²) in [5, 5.41) is 0. The molecule has 0 saturated carbocycles. The second-order valence-corrected chi connectivity index (χ2v) is 6.39. The molecule has 0 radical (unpaired) electrons. The first-order chi connectivity index (χ1) is 12.7. The van der Waals surface area contributed by atoms with Crippen molar-refractivity contribution in [2.45, 2.75) is 19.1 Å². The predicted molar refractivity (Wildman–Crippen MR) is 101 cm³/mol. The molecule has 140 valence electrons. The zero-order valence-electron chi connectivity index (χ0n) is 15.7. The second kappa shape index (κ2) is 8.92. The Kier molecular flexibility index (Phi) is 6.36. The maximum atomic E-state index is 6.34. The molecular weight excluding hydrogens is 330 g/mol. The summed E-state index contributed by atoms with van der Waals surface area (Å²) in [6.07, 6.45) is -0.226. The van der Waals surface area contributed by atoms with E-state index < -0.39 is 0 Å². The molecule has 2 aromatic carbocycles. The van der Waals surface area contributed by atoms with Crippen LogP contribution in [0.3, 0.4) is 0 Å². The Balaban J connectivity index is 1.82. The molecule has 1 heterocycles. The molecule has 2 aromatic rings. The highest BCUT2D eigenvalue weighted by Crippen LogP contribution is 2.30. The summed E-state index contributed by atoms with van der Waals surface area (Å²) in [4.78, 5) is 2.27. The fourth-order valence-electron chi connectivity index (χ4n) is 3.07. The maximum Gasteiger partial charge on any atom is 0.151 e. The summed E-state index contributed by atoms with van der Waals surface area (Å²) in [7, 11) is 3.77. The van der Waals surface area contributed by atoms with Crippen LogP contribution < -0.4 is 14.2 Å². The summed E-state index contributed by atoms with van der Waals surface area (Å²) in [6, 6.07) is 15.7. The highest BCUT2D eigenvalue weighted by molar-refractivity contribution is 5.33. The van der Waals surface area contributed by atoms with Crippen LogP contribution >= 0.6 is 0 Å². The molecule has 1 aliphatic rings. The van der Waals surface area contributed by atoms with E-state index in [0.29, 0.717) is 13.2 Å². The van der Waals surface area contributed by atoms with Crippen molar-refractivity contribution in [2.24, 2.45) is 0 Å². The first-order valence-corrected chi connectivity index (χ1v) is 9.03. The van der Waals surface area contributed by atoms with Crippen molar-refractivity contribution in [2.75, 3.05) is 40.5 Å². The molecule has 0 aliphatic carbocycles. The van der Waals surface area contributed by atoms with Crippen LogP contribution in [0.15, 0.2) is 48.5 Å². The van der Waals surface area contributed by atoms with Gasteiger partial charge in [0.2, 0.25) is 0 Å². The third-order valence-electron chi connectivity index (χ3n) is 4.48. The first kappa shape index (κ1) is 18.5. The lowest BCUT2D eigenvalue weighted by Gasteiger charge is -2.35. The standard InChI is InChI=1S/C21H27NO4/c1-4-24-18-7-5-16(6-8-18)21(20-15-22(2)13-14-25-20)26-19-11-9-17(23-3)10-12-19/h5-12,20-21H,4,13-15H2,1-3H3. The van der Waals surface area contributed by atoms with Gasteiger partial charge in [0.05, 0.1) is 20.3 Å². The zero-order chi connectivity index (χ0) is 18.4. The van der Waals surface area contributed by atoms with Crippen LogP contribution in [0, 0.1) is 0 Å². The molecule has 5 heteroatoms. The lowest BCUT2D eigenvalue weighted by atomic mass is 10.0. The quantitative estimate of drug-likeness (QED) is 0.758. The molecule has 26 heavy (non-hydrogen) atoms. The zero-order valence-corrected chi connectivity index (χ0v) is 15.7. The number of hydrogen-bond acceptors (Lipinski definition) is 5. The third kappa shape index (κ3) is 4.68. The Bertz CT molecular complexity index is 671. The van der Waals surface area contributed by atoms with Crippen LogP contribution in [0.4, 0.5) is 0 Å². The van der Waals surface area contributed by atoms with E-state index in [0.717, 1.165) is 35.9 Å². The summed E-state index contributed by atoms with van der Waals surface area (Å²) in [6.45, 7) is 5.11. The summed E-state index contributed by atoms with van der Waals surface area (Å²) < 4.78 is 23.2. The maximum absolute atomic E-state index is 6.34.